The van der Waals surface area contributed by atoms with Crippen LogP contribution in [0.1, 0.15) is 37.8 Å². The highest BCUT2D eigenvalue weighted by Crippen LogP contribution is 2.35. The Balaban J connectivity index is 1.41. The summed E-state index contributed by atoms with van der Waals surface area (Å²) in [7, 11) is 0. The molecule has 0 atom stereocenters. The second-order valence-corrected chi connectivity index (χ2v) is 10.9. The number of hydrogen-bond acceptors (Lipinski definition) is 2. The molecule has 5 aromatic carbocycles. The van der Waals surface area contributed by atoms with E-state index in [2.05, 4.69) is 125 Å². The van der Waals surface area contributed by atoms with E-state index < -0.39 is 0 Å². The first kappa shape index (κ1) is 25.0. The lowest BCUT2D eigenvalue weighted by molar-refractivity contribution is 0.868. The molecule has 0 N–H and O–H groups in total. The first-order valence-electron chi connectivity index (χ1n) is 14.4. The topological polar surface area (TPSA) is 35.6 Å². The number of fused-ring (bicyclic) bond motifs is 3. The molecule has 0 aliphatic carbocycles. The summed E-state index contributed by atoms with van der Waals surface area (Å²) in [5.41, 5.74) is 9.38. The van der Waals surface area contributed by atoms with Gasteiger partial charge < -0.3 is 4.57 Å². The summed E-state index contributed by atoms with van der Waals surface area (Å²) in [6.45, 7) is 6.74. The zero-order valence-corrected chi connectivity index (χ0v) is 23.6. The molecule has 4 heteroatoms. The monoisotopic (exact) mass is 532 g/mol. The zero-order chi connectivity index (χ0) is 27.9. The van der Waals surface area contributed by atoms with Crippen molar-refractivity contribution in [2.45, 2.75) is 33.1 Å². The van der Waals surface area contributed by atoms with Gasteiger partial charge in [-0.1, -0.05) is 93.6 Å². The molecule has 4 nitrogen and oxygen atoms in total. The normalized spacial score (nSPS) is 11.6. The van der Waals surface area contributed by atoms with Crippen LogP contribution < -0.4 is 0 Å². The molecule has 7 aromatic rings. The second kappa shape index (κ2) is 10.2. The summed E-state index contributed by atoms with van der Waals surface area (Å²) in [6, 6.07) is 43.1. The van der Waals surface area contributed by atoms with E-state index in [4.69, 9.17) is 0 Å². The van der Waals surface area contributed by atoms with E-state index in [1.807, 2.05) is 36.4 Å². The lowest BCUT2D eigenvalue weighted by atomic mass is 10.00. The quantitative estimate of drug-likeness (QED) is 0.214. The van der Waals surface area contributed by atoms with Crippen LogP contribution in [0.15, 0.2) is 121 Å². The van der Waals surface area contributed by atoms with Crippen molar-refractivity contribution in [1.29, 1.82) is 0 Å². The van der Waals surface area contributed by atoms with Gasteiger partial charge in [0.15, 0.2) is 11.6 Å². The predicted octanol–water partition coefficient (Wildman–Crippen LogP) is 9.38. The molecule has 0 fully saturated rings. The lowest BCUT2D eigenvalue weighted by Crippen LogP contribution is -2.01. The molecule has 0 spiro atoms. The fourth-order valence-corrected chi connectivity index (χ4v) is 5.77. The minimum Gasteiger partial charge on any atom is -0.309 e. The third-order valence-electron chi connectivity index (χ3n) is 8.02. The number of hydrogen-bond donors (Lipinski definition) is 0. The van der Waals surface area contributed by atoms with Crippen LogP contribution in [0.2, 0.25) is 0 Å². The van der Waals surface area contributed by atoms with Gasteiger partial charge in [0.05, 0.1) is 11.0 Å². The van der Waals surface area contributed by atoms with Crippen LogP contribution in [0.5, 0.6) is 0 Å². The summed E-state index contributed by atoms with van der Waals surface area (Å²) in [5.74, 6) is 2.12. The number of aryl methyl sites for hydroxylation is 1. The Morgan fingerprint density at radius 1 is 0.561 bits per heavy atom. The van der Waals surface area contributed by atoms with E-state index in [9.17, 15) is 0 Å². The van der Waals surface area contributed by atoms with Gasteiger partial charge in [-0.2, -0.15) is 0 Å². The molecule has 0 aliphatic heterocycles. The Morgan fingerprint density at radius 2 is 1.07 bits per heavy atom. The molecule has 0 bridgehead atoms. The average molecular weight is 533 g/mol. The van der Waals surface area contributed by atoms with Gasteiger partial charge in [-0.3, -0.25) is 4.57 Å². The SMILES string of the molecule is CCc1ccc2c(c1)c1cc(C(C)C)ccc1n2-c1ccc(-n2c(-c3ccccc3)nnc2-c2ccccc2)cc1. The fourth-order valence-electron chi connectivity index (χ4n) is 5.77. The van der Waals surface area contributed by atoms with Crippen molar-refractivity contribution < 1.29 is 0 Å². The van der Waals surface area contributed by atoms with E-state index in [1.165, 1.54) is 32.9 Å². The molecule has 0 amide bonds. The smallest absolute Gasteiger partial charge is 0.168 e. The van der Waals surface area contributed by atoms with Crippen molar-refractivity contribution >= 4 is 21.8 Å². The van der Waals surface area contributed by atoms with E-state index >= 15 is 0 Å². The molecule has 2 heterocycles. The summed E-state index contributed by atoms with van der Waals surface area (Å²) < 4.78 is 4.54. The Kier molecular flexibility index (Phi) is 6.24. The van der Waals surface area contributed by atoms with Crippen molar-refractivity contribution in [3.63, 3.8) is 0 Å². The van der Waals surface area contributed by atoms with E-state index in [0.717, 1.165) is 40.6 Å². The van der Waals surface area contributed by atoms with Crippen LogP contribution in [0, 0.1) is 0 Å². The lowest BCUT2D eigenvalue weighted by Gasteiger charge is -2.13. The largest absolute Gasteiger partial charge is 0.309 e. The fraction of sp³-hybridized carbons (Fsp3) is 0.135. The van der Waals surface area contributed by atoms with Crippen molar-refractivity contribution in [2.24, 2.45) is 0 Å². The molecule has 0 saturated carbocycles. The summed E-state index contributed by atoms with van der Waals surface area (Å²) >= 11 is 0. The molecule has 200 valence electrons. The van der Waals surface area contributed by atoms with E-state index in [-0.39, 0.29) is 0 Å². The Bertz CT molecular complexity index is 1920. The highest BCUT2D eigenvalue weighted by atomic mass is 15.3. The standard InChI is InChI=1S/C37H32N4/c1-4-26-15-21-34-32(23-26)33-24-29(25(2)3)16-22-35(33)40(34)30-17-19-31(20-18-30)41-36(27-11-7-5-8-12-27)38-39-37(41)28-13-9-6-10-14-28/h5-25H,4H2,1-3H3. The Morgan fingerprint density at radius 3 is 1.61 bits per heavy atom. The Labute approximate surface area is 240 Å². The first-order valence-corrected chi connectivity index (χ1v) is 14.4. The molecule has 0 radical (unpaired) electrons. The van der Waals surface area contributed by atoms with Gasteiger partial charge in [-0.05, 0) is 72.0 Å². The van der Waals surface area contributed by atoms with Crippen LogP contribution in [0.25, 0.3) is 56.0 Å². The van der Waals surface area contributed by atoms with Crippen molar-refractivity contribution in [1.82, 2.24) is 19.3 Å². The van der Waals surface area contributed by atoms with Crippen LogP contribution in [-0.2, 0) is 6.42 Å². The number of rotatable bonds is 6. The van der Waals surface area contributed by atoms with E-state index in [0.29, 0.717) is 5.92 Å². The third-order valence-corrected chi connectivity index (χ3v) is 8.02. The van der Waals surface area contributed by atoms with Gasteiger partial charge in [0, 0.05) is 33.3 Å². The third kappa shape index (κ3) is 4.33. The van der Waals surface area contributed by atoms with Gasteiger partial charge in [0.2, 0.25) is 0 Å². The van der Waals surface area contributed by atoms with Gasteiger partial charge in [0.1, 0.15) is 0 Å². The number of benzene rings is 5. The van der Waals surface area contributed by atoms with E-state index in [1.54, 1.807) is 0 Å². The maximum absolute atomic E-state index is 4.64. The molecular formula is C37H32N4. The minimum atomic E-state index is 0.479. The zero-order valence-electron chi connectivity index (χ0n) is 23.6. The molecule has 41 heavy (non-hydrogen) atoms. The van der Waals surface area contributed by atoms with Crippen molar-refractivity contribution in [3.8, 4) is 34.2 Å². The average Bonchev–Trinajstić information content (AvgIpc) is 3.61. The highest BCUT2D eigenvalue weighted by molar-refractivity contribution is 6.09. The summed E-state index contributed by atoms with van der Waals surface area (Å²) in [6.07, 6.45) is 1.02. The van der Waals surface area contributed by atoms with Crippen molar-refractivity contribution in [2.75, 3.05) is 0 Å². The van der Waals surface area contributed by atoms with Crippen molar-refractivity contribution in [3.05, 3.63) is 132 Å². The minimum absolute atomic E-state index is 0.479. The highest BCUT2D eigenvalue weighted by Gasteiger charge is 2.18. The Hall–Kier alpha value is -4.96. The van der Waals surface area contributed by atoms with Crippen LogP contribution in [0.3, 0.4) is 0 Å². The van der Waals surface area contributed by atoms with Gasteiger partial charge in [-0.15, -0.1) is 10.2 Å². The maximum Gasteiger partial charge on any atom is 0.168 e. The number of aromatic nitrogens is 4. The molecule has 0 aliphatic rings. The molecule has 7 rings (SSSR count). The van der Waals surface area contributed by atoms with Gasteiger partial charge in [-0.25, -0.2) is 0 Å². The molecular weight excluding hydrogens is 500 g/mol. The van der Waals surface area contributed by atoms with Gasteiger partial charge in [0.25, 0.3) is 0 Å². The summed E-state index contributed by atoms with van der Waals surface area (Å²) in [5, 5.41) is 11.9. The first-order chi connectivity index (χ1) is 20.1. The van der Waals surface area contributed by atoms with Gasteiger partial charge >= 0.3 is 0 Å². The summed E-state index contributed by atoms with van der Waals surface area (Å²) in [4.78, 5) is 0. The second-order valence-electron chi connectivity index (χ2n) is 10.9. The molecule has 0 unspecified atom stereocenters. The van der Waals surface area contributed by atoms with Crippen LogP contribution >= 0.6 is 0 Å². The molecule has 0 saturated heterocycles. The number of nitrogens with zero attached hydrogens (tertiary/aromatic N) is 4. The van der Waals surface area contributed by atoms with Crippen LogP contribution in [0.4, 0.5) is 0 Å². The predicted molar refractivity (Wildman–Crippen MR) is 170 cm³/mol. The molecule has 2 aromatic heterocycles. The van der Waals surface area contributed by atoms with Crippen LogP contribution in [-0.4, -0.2) is 19.3 Å². The maximum atomic E-state index is 4.64.